The van der Waals surface area contributed by atoms with E-state index in [0.29, 0.717) is 12.0 Å². The monoisotopic (exact) mass is 263 g/mol. The maximum absolute atomic E-state index is 11.8. The van der Waals surface area contributed by atoms with Gasteiger partial charge in [0.2, 0.25) is 0 Å². The summed E-state index contributed by atoms with van der Waals surface area (Å²) < 4.78 is 0. The number of carbonyl (C=O) groups excluding carboxylic acids is 1. The molecule has 1 unspecified atom stereocenters. The third-order valence-corrected chi connectivity index (χ3v) is 3.55. The van der Waals surface area contributed by atoms with E-state index < -0.39 is 6.10 Å². The van der Waals surface area contributed by atoms with Crippen LogP contribution >= 0.6 is 0 Å². The highest BCUT2D eigenvalue weighted by Gasteiger charge is 2.36. The summed E-state index contributed by atoms with van der Waals surface area (Å²) in [5, 5.41) is 9.74. The number of hydrogen-bond donors (Lipinski definition) is 1. The van der Waals surface area contributed by atoms with Gasteiger partial charge < -0.3 is 12.5 Å². The van der Waals surface area contributed by atoms with Crippen LogP contribution in [0.1, 0.15) is 47.5 Å². The lowest BCUT2D eigenvalue weighted by Gasteiger charge is -2.34. The summed E-state index contributed by atoms with van der Waals surface area (Å²) >= 11 is 0. The maximum Gasteiger partial charge on any atom is 0.187 e. The van der Waals surface area contributed by atoms with E-state index in [0.717, 1.165) is 12.0 Å². The molecule has 0 saturated carbocycles. The van der Waals surface area contributed by atoms with Crippen molar-refractivity contribution in [3.05, 3.63) is 42.4 Å². The fourth-order valence-corrected chi connectivity index (χ4v) is 2.53. The van der Waals surface area contributed by atoms with Crippen molar-refractivity contribution in [1.82, 2.24) is 0 Å². The Morgan fingerprint density at radius 2 is 2.05 bits per heavy atom. The molecule has 19 heavy (non-hydrogen) atoms. The minimum atomic E-state index is -0.843. The topological polar surface area (TPSA) is 37.3 Å². The SMILES string of the molecule is CC/C=C(C)/C=C/C1=C(C)C(=O)C(O)CC1(C)C.[CH3-]. The highest BCUT2D eigenvalue weighted by Crippen LogP contribution is 2.39. The first-order chi connectivity index (χ1) is 8.29. The standard InChI is InChI=1S/C16H24O2.CH3/c1-6-7-11(2)8-9-13-12(3)15(18)14(17)10-16(13,4)5;/h7-9,14,17H,6,10H2,1-5H3;1H3/q;-1/b9-8+,11-7+;. The zero-order valence-electron chi connectivity index (χ0n) is 13.1. The van der Waals surface area contributed by atoms with Gasteiger partial charge >= 0.3 is 0 Å². The van der Waals surface area contributed by atoms with Gasteiger partial charge in [-0.2, -0.15) is 0 Å². The maximum atomic E-state index is 11.8. The predicted octanol–water partition coefficient (Wildman–Crippen LogP) is 4.03. The molecule has 1 atom stereocenters. The normalized spacial score (nSPS) is 23.8. The van der Waals surface area contributed by atoms with Crippen molar-refractivity contribution < 1.29 is 9.90 Å². The molecule has 0 saturated heterocycles. The van der Waals surface area contributed by atoms with Crippen LogP contribution in [0.25, 0.3) is 0 Å². The molecule has 0 bridgehead atoms. The summed E-state index contributed by atoms with van der Waals surface area (Å²) in [5.74, 6) is -0.133. The Morgan fingerprint density at radius 3 is 2.58 bits per heavy atom. The lowest BCUT2D eigenvalue weighted by atomic mass is 9.71. The second kappa shape index (κ2) is 6.85. The molecule has 1 aliphatic rings. The minimum absolute atomic E-state index is 0. The van der Waals surface area contributed by atoms with Crippen LogP contribution in [0.4, 0.5) is 0 Å². The number of rotatable bonds is 3. The average Bonchev–Trinajstić information content (AvgIpc) is 2.25. The summed E-state index contributed by atoms with van der Waals surface area (Å²) in [4.78, 5) is 11.8. The van der Waals surface area contributed by atoms with E-state index in [1.807, 2.05) is 13.0 Å². The number of allylic oxidation sites excluding steroid dienone is 5. The molecule has 0 aromatic rings. The summed E-state index contributed by atoms with van der Waals surface area (Å²) in [7, 11) is 0. The molecular weight excluding hydrogens is 236 g/mol. The third kappa shape index (κ3) is 4.17. The smallest absolute Gasteiger partial charge is 0.187 e. The first kappa shape index (κ1) is 17.8. The number of carbonyl (C=O) groups is 1. The van der Waals surface area contributed by atoms with E-state index in [1.54, 1.807) is 0 Å². The number of hydrogen-bond acceptors (Lipinski definition) is 2. The van der Waals surface area contributed by atoms with Gasteiger partial charge in [0.25, 0.3) is 0 Å². The number of Topliss-reactive ketones (excluding diaryl/α,β-unsaturated/α-hetero) is 1. The Labute approximate surface area is 117 Å². The van der Waals surface area contributed by atoms with E-state index in [4.69, 9.17) is 0 Å². The highest BCUT2D eigenvalue weighted by molar-refractivity contribution is 6.00. The van der Waals surface area contributed by atoms with E-state index in [1.165, 1.54) is 5.57 Å². The zero-order chi connectivity index (χ0) is 13.9. The molecule has 2 nitrogen and oxygen atoms in total. The van der Waals surface area contributed by atoms with Crippen molar-refractivity contribution >= 4 is 5.78 Å². The van der Waals surface area contributed by atoms with Crippen LogP contribution in [-0.4, -0.2) is 17.0 Å². The lowest BCUT2D eigenvalue weighted by Crippen LogP contribution is -2.35. The molecule has 0 aliphatic heterocycles. The van der Waals surface area contributed by atoms with Crippen molar-refractivity contribution in [2.24, 2.45) is 5.41 Å². The van der Waals surface area contributed by atoms with Gasteiger partial charge in [-0.1, -0.05) is 44.6 Å². The first-order valence-corrected chi connectivity index (χ1v) is 6.58. The van der Waals surface area contributed by atoms with Crippen LogP contribution in [0.15, 0.2) is 34.9 Å². The second-order valence-corrected chi connectivity index (χ2v) is 5.70. The molecule has 0 aromatic heterocycles. The van der Waals surface area contributed by atoms with Gasteiger partial charge in [0.15, 0.2) is 5.78 Å². The van der Waals surface area contributed by atoms with Gasteiger partial charge in [-0.15, -0.1) is 0 Å². The average molecular weight is 263 g/mol. The van der Waals surface area contributed by atoms with E-state index >= 15 is 0 Å². The Balaban J connectivity index is 0.00000324. The molecule has 1 aliphatic carbocycles. The van der Waals surface area contributed by atoms with E-state index in [9.17, 15) is 9.90 Å². The molecule has 1 rings (SSSR count). The van der Waals surface area contributed by atoms with Crippen molar-refractivity contribution in [1.29, 1.82) is 0 Å². The molecule has 0 fully saturated rings. The van der Waals surface area contributed by atoms with Crippen molar-refractivity contribution in [2.45, 2.75) is 53.6 Å². The van der Waals surface area contributed by atoms with Crippen molar-refractivity contribution in [3.8, 4) is 0 Å². The first-order valence-electron chi connectivity index (χ1n) is 6.58. The zero-order valence-corrected chi connectivity index (χ0v) is 13.1. The summed E-state index contributed by atoms with van der Waals surface area (Å²) in [6, 6.07) is 0. The minimum Gasteiger partial charge on any atom is -0.385 e. The Kier molecular flexibility index (Phi) is 6.44. The Bertz CT molecular complexity index is 423. The van der Waals surface area contributed by atoms with Crippen LogP contribution < -0.4 is 0 Å². The van der Waals surface area contributed by atoms with Gasteiger partial charge in [0.05, 0.1) is 0 Å². The fraction of sp³-hybridized carbons (Fsp3) is 0.529. The van der Waals surface area contributed by atoms with E-state index in [2.05, 4.69) is 39.8 Å². The number of aliphatic hydroxyl groups is 1. The molecule has 0 spiro atoms. The molecule has 0 aromatic carbocycles. The van der Waals surface area contributed by atoms with Crippen LogP contribution in [0.5, 0.6) is 0 Å². The molecule has 108 valence electrons. The largest absolute Gasteiger partial charge is 0.385 e. The van der Waals surface area contributed by atoms with Crippen LogP contribution in [-0.2, 0) is 4.79 Å². The van der Waals surface area contributed by atoms with Gasteiger partial charge in [-0.3, -0.25) is 4.79 Å². The second-order valence-electron chi connectivity index (χ2n) is 5.70. The van der Waals surface area contributed by atoms with Crippen LogP contribution in [0, 0.1) is 12.8 Å². The summed E-state index contributed by atoms with van der Waals surface area (Å²) in [6.45, 7) is 10.1. The Hall–Kier alpha value is -1.15. The fourth-order valence-electron chi connectivity index (χ4n) is 2.53. The van der Waals surface area contributed by atoms with Crippen LogP contribution in [0.3, 0.4) is 0 Å². The lowest BCUT2D eigenvalue weighted by molar-refractivity contribution is -0.125. The predicted molar refractivity (Wildman–Crippen MR) is 81.7 cm³/mol. The number of aliphatic hydroxyl groups excluding tert-OH is 1. The Morgan fingerprint density at radius 1 is 1.47 bits per heavy atom. The molecule has 1 N–H and O–H groups in total. The summed E-state index contributed by atoms with van der Waals surface area (Å²) in [5.41, 5.74) is 2.79. The number of ketones is 1. The molecule has 0 radical (unpaired) electrons. The molecule has 0 amide bonds. The third-order valence-electron chi connectivity index (χ3n) is 3.55. The molecular formula is C17H27O2-. The summed E-state index contributed by atoms with van der Waals surface area (Å²) in [6.07, 6.45) is 6.90. The van der Waals surface area contributed by atoms with Gasteiger partial charge in [-0.05, 0) is 43.3 Å². The quantitative estimate of drug-likeness (QED) is 0.616. The van der Waals surface area contributed by atoms with Gasteiger partial charge in [0, 0.05) is 0 Å². The van der Waals surface area contributed by atoms with Gasteiger partial charge in [0.1, 0.15) is 6.10 Å². The van der Waals surface area contributed by atoms with Crippen LogP contribution in [0.2, 0.25) is 0 Å². The van der Waals surface area contributed by atoms with Gasteiger partial charge in [-0.25, -0.2) is 0 Å². The van der Waals surface area contributed by atoms with Crippen molar-refractivity contribution in [2.75, 3.05) is 0 Å². The molecule has 0 heterocycles. The van der Waals surface area contributed by atoms with Crippen molar-refractivity contribution in [3.63, 3.8) is 0 Å². The molecule has 2 heteroatoms. The van der Waals surface area contributed by atoms with E-state index in [-0.39, 0.29) is 18.6 Å². The highest BCUT2D eigenvalue weighted by atomic mass is 16.3.